The number of hydrogen-bond donors (Lipinski definition) is 2. The number of unbranched alkanes of at least 4 members (excludes halogenated alkanes) is 6. The fourth-order valence-electron chi connectivity index (χ4n) is 1.08. The van der Waals surface area contributed by atoms with E-state index in [1.807, 2.05) is 0 Å². The molecule has 2 N–H and O–H groups in total. The van der Waals surface area contributed by atoms with Crippen LogP contribution in [0, 0.1) is 0 Å². The summed E-state index contributed by atoms with van der Waals surface area (Å²) < 4.78 is 0. The molecule has 0 bridgehead atoms. The molecule has 0 saturated heterocycles. The second-order valence-electron chi connectivity index (χ2n) is 3.57. The Hall–Kier alpha value is 1.11. The van der Waals surface area contributed by atoms with Crippen molar-refractivity contribution in [3.05, 3.63) is 0 Å². The number of rotatable bonds is 8. The monoisotopic (exact) mass is 332 g/mol. The quantitative estimate of drug-likeness (QED) is 0.525. The van der Waals surface area contributed by atoms with Gasteiger partial charge in [-0.1, -0.05) is 52.4 Å². The first-order valence-corrected chi connectivity index (χ1v) is 6.05. The molecule has 0 aromatic carbocycles. The zero-order chi connectivity index (χ0) is 11.1. The van der Waals surface area contributed by atoms with Gasteiger partial charge in [-0.05, 0) is 12.8 Å². The molecule has 2 nitrogen and oxygen atoms in total. The first kappa shape index (κ1) is 25.8. The van der Waals surface area contributed by atoms with Crippen LogP contribution >= 0.6 is 17.0 Å². The van der Waals surface area contributed by atoms with E-state index in [2.05, 4.69) is 13.8 Å². The molecule has 0 atom stereocenters. The summed E-state index contributed by atoms with van der Waals surface area (Å²) in [5, 5.41) is 16.6. The van der Waals surface area contributed by atoms with Crippen molar-refractivity contribution in [3.63, 3.8) is 0 Å². The SMILES string of the molecule is Br.CCCCCCO.CCCCCCO.[Ti]. The van der Waals surface area contributed by atoms with Crippen LogP contribution in [0.25, 0.3) is 0 Å². The topological polar surface area (TPSA) is 40.5 Å². The molecular weight excluding hydrogens is 304 g/mol. The van der Waals surface area contributed by atoms with Crippen molar-refractivity contribution in [1.29, 1.82) is 0 Å². The predicted octanol–water partition coefficient (Wildman–Crippen LogP) is 3.69. The van der Waals surface area contributed by atoms with Crippen LogP contribution in [0.5, 0.6) is 0 Å². The Labute approximate surface area is 127 Å². The standard InChI is InChI=1S/2C6H14O.BrH.Ti/c2*1-2-3-4-5-6-7;;/h2*7H,2-6H2,1H3;1H;. The van der Waals surface area contributed by atoms with E-state index in [-0.39, 0.29) is 38.7 Å². The van der Waals surface area contributed by atoms with Crippen molar-refractivity contribution in [1.82, 2.24) is 0 Å². The molecule has 0 aromatic heterocycles. The van der Waals surface area contributed by atoms with Crippen LogP contribution in [-0.2, 0) is 21.7 Å². The van der Waals surface area contributed by atoms with Crippen molar-refractivity contribution >= 4 is 17.0 Å². The average molecular weight is 333 g/mol. The fraction of sp³-hybridized carbons (Fsp3) is 1.00. The van der Waals surface area contributed by atoms with Crippen LogP contribution in [0.3, 0.4) is 0 Å². The van der Waals surface area contributed by atoms with Crippen LogP contribution in [0.2, 0.25) is 0 Å². The summed E-state index contributed by atoms with van der Waals surface area (Å²) in [6.45, 7) is 5.05. The number of hydrogen-bond acceptors (Lipinski definition) is 2. The minimum absolute atomic E-state index is 0. The summed E-state index contributed by atoms with van der Waals surface area (Å²) in [6, 6.07) is 0. The molecule has 0 amide bonds. The minimum Gasteiger partial charge on any atom is -0.396 e. The third-order valence-corrected chi connectivity index (χ3v) is 2.02. The van der Waals surface area contributed by atoms with E-state index in [1.54, 1.807) is 0 Å². The molecule has 0 aliphatic carbocycles. The van der Waals surface area contributed by atoms with E-state index in [0.29, 0.717) is 13.2 Å². The van der Waals surface area contributed by atoms with Gasteiger partial charge < -0.3 is 10.2 Å². The summed E-state index contributed by atoms with van der Waals surface area (Å²) in [7, 11) is 0. The van der Waals surface area contributed by atoms with E-state index < -0.39 is 0 Å². The Bertz CT molecular complexity index is 67.4. The largest absolute Gasteiger partial charge is 0.396 e. The molecule has 0 unspecified atom stereocenters. The van der Waals surface area contributed by atoms with E-state index in [1.165, 1.54) is 38.5 Å². The van der Waals surface area contributed by atoms with Gasteiger partial charge in [-0.25, -0.2) is 0 Å². The molecule has 0 aromatic rings. The smallest absolute Gasteiger partial charge is 0.0431 e. The van der Waals surface area contributed by atoms with Gasteiger partial charge in [0.1, 0.15) is 0 Å². The molecule has 0 fully saturated rings. The van der Waals surface area contributed by atoms with E-state index in [4.69, 9.17) is 10.2 Å². The van der Waals surface area contributed by atoms with Gasteiger partial charge >= 0.3 is 0 Å². The number of aliphatic hydroxyl groups excluding tert-OH is 2. The zero-order valence-corrected chi connectivity index (χ0v) is 14.1. The van der Waals surface area contributed by atoms with E-state index >= 15 is 0 Å². The third-order valence-electron chi connectivity index (χ3n) is 2.02. The van der Waals surface area contributed by atoms with Gasteiger partial charge in [-0.2, -0.15) is 0 Å². The van der Waals surface area contributed by atoms with Gasteiger partial charge in [0.05, 0.1) is 0 Å². The summed E-state index contributed by atoms with van der Waals surface area (Å²) in [5.41, 5.74) is 0. The van der Waals surface area contributed by atoms with Gasteiger partial charge in [0, 0.05) is 34.9 Å². The van der Waals surface area contributed by atoms with Gasteiger partial charge in [0.2, 0.25) is 0 Å². The van der Waals surface area contributed by atoms with Crippen molar-refractivity contribution in [3.8, 4) is 0 Å². The summed E-state index contributed by atoms with van der Waals surface area (Å²) in [5.74, 6) is 0. The number of halogens is 1. The van der Waals surface area contributed by atoms with Gasteiger partial charge in [0.25, 0.3) is 0 Å². The normalized spacial score (nSPS) is 8.25. The predicted molar refractivity (Wildman–Crippen MR) is 72.8 cm³/mol. The summed E-state index contributed by atoms with van der Waals surface area (Å²) in [6.07, 6.45) is 9.36. The maximum atomic E-state index is 8.29. The van der Waals surface area contributed by atoms with Crippen LogP contribution in [0.15, 0.2) is 0 Å². The third kappa shape index (κ3) is 36.2. The Kier molecular flexibility index (Phi) is 48.1. The van der Waals surface area contributed by atoms with E-state index in [0.717, 1.165) is 12.8 Å². The van der Waals surface area contributed by atoms with Gasteiger partial charge in [-0.3, -0.25) is 0 Å². The second-order valence-corrected chi connectivity index (χ2v) is 3.57. The Morgan fingerprint density at radius 2 is 0.938 bits per heavy atom. The van der Waals surface area contributed by atoms with E-state index in [9.17, 15) is 0 Å². The van der Waals surface area contributed by atoms with Crippen molar-refractivity contribution in [2.45, 2.75) is 65.2 Å². The Balaban J connectivity index is -0.0000000800. The molecule has 0 aliphatic rings. The number of aliphatic hydroxyl groups is 2. The Morgan fingerprint density at radius 3 is 1.12 bits per heavy atom. The van der Waals surface area contributed by atoms with Crippen LogP contribution in [-0.4, -0.2) is 23.4 Å². The molecule has 0 rings (SSSR count). The molecule has 16 heavy (non-hydrogen) atoms. The summed E-state index contributed by atoms with van der Waals surface area (Å²) >= 11 is 0. The first-order chi connectivity index (χ1) is 6.83. The minimum atomic E-state index is 0. The molecule has 0 saturated carbocycles. The maximum Gasteiger partial charge on any atom is 0.0431 e. The van der Waals surface area contributed by atoms with Crippen LogP contribution in [0.1, 0.15) is 65.2 Å². The molecule has 100 valence electrons. The second kappa shape index (κ2) is 29.8. The molecule has 0 aliphatic heterocycles. The van der Waals surface area contributed by atoms with Crippen LogP contribution in [0.4, 0.5) is 0 Å². The van der Waals surface area contributed by atoms with Gasteiger partial charge in [0.15, 0.2) is 0 Å². The van der Waals surface area contributed by atoms with Gasteiger partial charge in [-0.15, -0.1) is 17.0 Å². The molecule has 4 heteroatoms. The van der Waals surface area contributed by atoms with Crippen molar-refractivity contribution < 1.29 is 31.9 Å². The van der Waals surface area contributed by atoms with Crippen molar-refractivity contribution in [2.75, 3.05) is 13.2 Å². The molecule has 0 radical (unpaired) electrons. The van der Waals surface area contributed by atoms with Crippen molar-refractivity contribution in [2.24, 2.45) is 0 Å². The Morgan fingerprint density at radius 1 is 0.625 bits per heavy atom. The fourth-order valence-corrected chi connectivity index (χ4v) is 1.08. The zero-order valence-electron chi connectivity index (χ0n) is 10.9. The summed E-state index contributed by atoms with van der Waals surface area (Å²) in [4.78, 5) is 0. The molecule has 0 spiro atoms. The molecular formula is C12H29BrO2Ti. The van der Waals surface area contributed by atoms with Crippen LogP contribution < -0.4 is 0 Å². The maximum absolute atomic E-state index is 8.29. The average Bonchev–Trinajstić information content (AvgIpc) is 2.21. The molecule has 0 heterocycles. The first-order valence-electron chi connectivity index (χ1n) is 6.05.